The molecule has 0 aromatic carbocycles. The van der Waals surface area contributed by atoms with E-state index in [2.05, 4.69) is 9.47 Å². The fourth-order valence-corrected chi connectivity index (χ4v) is 2.14. The fourth-order valence-electron chi connectivity index (χ4n) is 2.14. The highest BCUT2D eigenvalue weighted by Gasteiger charge is 2.54. The van der Waals surface area contributed by atoms with Crippen LogP contribution in [0, 0.1) is 11.8 Å². The molecule has 2 aliphatic rings. The standard InChI is InChI=1S/C10H12O5/c1-13-9(11)7-5-3-4-6(15-5)8(7)10(12)14-2/h3-8H,1-2H3/t5-,6+,7-,8-/m1/s1. The predicted octanol–water partition coefficient (Wildman–Crippen LogP) is -0.0980. The Labute approximate surface area is 87.0 Å². The summed E-state index contributed by atoms with van der Waals surface area (Å²) in [5, 5.41) is 0. The molecule has 0 spiro atoms. The SMILES string of the molecule is COC(=O)[C@H]1[C@H](C(=O)OC)[C@H]2C=C[C@@H]1O2. The highest BCUT2D eigenvalue weighted by Crippen LogP contribution is 2.40. The lowest BCUT2D eigenvalue weighted by Gasteiger charge is -2.20. The Hall–Kier alpha value is -1.36. The lowest BCUT2D eigenvalue weighted by molar-refractivity contribution is -0.156. The molecule has 2 bridgehead atoms. The van der Waals surface area contributed by atoms with Crippen LogP contribution in [0.4, 0.5) is 0 Å². The first-order chi connectivity index (χ1) is 7.19. The third-order valence-electron chi connectivity index (χ3n) is 2.85. The summed E-state index contributed by atoms with van der Waals surface area (Å²) in [5.41, 5.74) is 0. The second kappa shape index (κ2) is 3.66. The van der Waals surface area contributed by atoms with Crippen molar-refractivity contribution in [3.05, 3.63) is 12.2 Å². The Kier molecular flexibility index (Phi) is 2.48. The second-order valence-electron chi connectivity index (χ2n) is 3.55. The number of esters is 2. The molecule has 0 N–H and O–H groups in total. The normalized spacial score (nSPS) is 36.7. The van der Waals surface area contributed by atoms with E-state index in [1.165, 1.54) is 14.2 Å². The minimum Gasteiger partial charge on any atom is -0.469 e. The molecular formula is C10H12O5. The summed E-state index contributed by atoms with van der Waals surface area (Å²) in [6, 6.07) is 0. The maximum Gasteiger partial charge on any atom is 0.312 e. The van der Waals surface area contributed by atoms with Crippen LogP contribution in [0.1, 0.15) is 0 Å². The van der Waals surface area contributed by atoms with Gasteiger partial charge in [0.1, 0.15) is 11.8 Å². The molecule has 5 nitrogen and oxygen atoms in total. The minimum absolute atomic E-state index is 0.355. The fraction of sp³-hybridized carbons (Fsp3) is 0.600. The molecule has 1 saturated heterocycles. The van der Waals surface area contributed by atoms with Gasteiger partial charge in [-0.15, -0.1) is 0 Å². The van der Waals surface area contributed by atoms with Gasteiger partial charge in [-0.1, -0.05) is 12.2 Å². The Morgan fingerprint density at radius 1 is 1.00 bits per heavy atom. The molecule has 4 atom stereocenters. The summed E-state index contributed by atoms with van der Waals surface area (Å²) in [4.78, 5) is 23.0. The minimum atomic E-state index is -0.572. The van der Waals surface area contributed by atoms with Gasteiger partial charge < -0.3 is 14.2 Å². The van der Waals surface area contributed by atoms with Crippen molar-refractivity contribution in [3.63, 3.8) is 0 Å². The van der Waals surface area contributed by atoms with Gasteiger partial charge >= 0.3 is 11.9 Å². The van der Waals surface area contributed by atoms with E-state index in [1.54, 1.807) is 12.2 Å². The molecule has 0 amide bonds. The third-order valence-corrected chi connectivity index (χ3v) is 2.85. The van der Waals surface area contributed by atoms with Crippen LogP contribution < -0.4 is 0 Å². The first-order valence-electron chi connectivity index (χ1n) is 4.68. The monoisotopic (exact) mass is 212 g/mol. The van der Waals surface area contributed by atoms with Gasteiger partial charge in [-0.2, -0.15) is 0 Å². The van der Waals surface area contributed by atoms with Gasteiger partial charge in [0.05, 0.1) is 26.4 Å². The number of hydrogen-bond acceptors (Lipinski definition) is 5. The average molecular weight is 212 g/mol. The maximum atomic E-state index is 11.5. The molecule has 2 aliphatic heterocycles. The van der Waals surface area contributed by atoms with Gasteiger partial charge in [0.15, 0.2) is 0 Å². The van der Waals surface area contributed by atoms with E-state index in [0.717, 1.165) is 0 Å². The van der Waals surface area contributed by atoms with E-state index in [9.17, 15) is 9.59 Å². The second-order valence-corrected chi connectivity index (χ2v) is 3.55. The maximum absolute atomic E-state index is 11.5. The van der Waals surface area contributed by atoms with Crippen LogP contribution in [-0.4, -0.2) is 38.4 Å². The van der Waals surface area contributed by atoms with Crippen LogP contribution in [0.2, 0.25) is 0 Å². The van der Waals surface area contributed by atoms with Crippen LogP contribution in [0.3, 0.4) is 0 Å². The summed E-state index contributed by atoms with van der Waals surface area (Å²) < 4.78 is 14.7. The van der Waals surface area contributed by atoms with E-state index in [4.69, 9.17) is 4.74 Å². The predicted molar refractivity (Wildman–Crippen MR) is 48.8 cm³/mol. The average Bonchev–Trinajstić information content (AvgIpc) is 2.86. The lowest BCUT2D eigenvalue weighted by Crippen LogP contribution is -2.37. The molecule has 0 aromatic heterocycles. The molecule has 0 aliphatic carbocycles. The van der Waals surface area contributed by atoms with Gasteiger partial charge in [-0.25, -0.2) is 0 Å². The molecule has 5 heteroatoms. The Bertz CT molecular complexity index is 292. The number of ether oxygens (including phenoxy) is 3. The quantitative estimate of drug-likeness (QED) is 0.472. The van der Waals surface area contributed by atoms with Gasteiger partial charge in [-0.05, 0) is 0 Å². The van der Waals surface area contributed by atoms with Crippen LogP contribution in [-0.2, 0) is 23.8 Å². The van der Waals surface area contributed by atoms with Crippen molar-refractivity contribution in [3.8, 4) is 0 Å². The Morgan fingerprint density at radius 2 is 1.40 bits per heavy atom. The molecule has 0 aromatic rings. The number of methoxy groups -OCH3 is 2. The summed E-state index contributed by atoms with van der Waals surface area (Å²) in [6.45, 7) is 0. The number of hydrogen-bond donors (Lipinski definition) is 0. The van der Waals surface area contributed by atoms with E-state index >= 15 is 0 Å². The highest BCUT2D eigenvalue weighted by molar-refractivity contribution is 5.84. The van der Waals surface area contributed by atoms with E-state index in [1.807, 2.05) is 0 Å². The molecule has 2 rings (SSSR count). The summed E-state index contributed by atoms with van der Waals surface area (Å²) >= 11 is 0. The largest absolute Gasteiger partial charge is 0.469 e. The van der Waals surface area contributed by atoms with E-state index in [0.29, 0.717) is 0 Å². The molecule has 0 radical (unpaired) electrons. The number of fused-ring (bicyclic) bond motifs is 2. The number of rotatable bonds is 2. The Balaban J connectivity index is 2.24. The molecule has 1 fully saturated rings. The van der Waals surface area contributed by atoms with Crippen molar-refractivity contribution in [1.29, 1.82) is 0 Å². The van der Waals surface area contributed by atoms with E-state index < -0.39 is 23.8 Å². The lowest BCUT2D eigenvalue weighted by atomic mass is 9.83. The first kappa shape index (κ1) is 10.2. The van der Waals surface area contributed by atoms with Gasteiger partial charge in [0.2, 0.25) is 0 Å². The van der Waals surface area contributed by atoms with Crippen molar-refractivity contribution in [2.45, 2.75) is 12.2 Å². The van der Waals surface area contributed by atoms with Gasteiger partial charge in [-0.3, -0.25) is 9.59 Å². The van der Waals surface area contributed by atoms with Crippen LogP contribution in [0.15, 0.2) is 12.2 Å². The zero-order valence-electron chi connectivity index (χ0n) is 8.51. The molecule has 82 valence electrons. The first-order valence-corrected chi connectivity index (χ1v) is 4.68. The molecule has 0 saturated carbocycles. The number of carbonyl (C=O) groups is 2. The molecule has 15 heavy (non-hydrogen) atoms. The van der Waals surface area contributed by atoms with Crippen molar-refractivity contribution >= 4 is 11.9 Å². The highest BCUT2D eigenvalue weighted by atomic mass is 16.6. The van der Waals surface area contributed by atoms with Crippen molar-refractivity contribution in [1.82, 2.24) is 0 Å². The van der Waals surface area contributed by atoms with Crippen molar-refractivity contribution in [2.75, 3.05) is 14.2 Å². The van der Waals surface area contributed by atoms with Crippen molar-refractivity contribution in [2.24, 2.45) is 11.8 Å². The third kappa shape index (κ3) is 1.43. The summed E-state index contributed by atoms with van der Waals surface area (Å²) in [6.07, 6.45) is 2.86. The van der Waals surface area contributed by atoms with Gasteiger partial charge in [0, 0.05) is 0 Å². The van der Waals surface area contributed by atoms with Crippen LogP contribution in [0.5, 0.6) is 0 Å². The zero-order valence-corrected chi connectivity index (χ0v) is 8.51. The zero-order chi connectivity index (χ0) is 11.0. The van der Waals surface area contributed by atoms with E-state index in [-0.39, 0.29) is 12.2 Å². The van der Waals surface area contributed by atoms with Crippen molar-refractivity contribution < 1.29 is 23.8 Å². The van der Waals surface area contributed by atoms with Crippen LogP contribution >= 0.6 is 0 Å². The smallest absolute Gasteiger partial charge is 0.312 e. The topological polar surface area (TPSA) is 61.8 Å². The van der Waals surface area contributed by atoms with Crippen LogP contribution in [0.25, 0.3) is 0 Å². The number of carbonyl (C=O) groups excluding carboxylic acids is 2. The van der Waals surface area contributed by atoms with Gasteiger partial charge in [0.25, 0.3) is 0 Å². The molecule has 2 heterocycles. The molecular weight excluding hydrogens is 200 g/mol. The summed E-state index contributed by atoms with van der Waals surface area (Å²) in [7, 11) is 2.60. The molecule has 0 unspecified atom stereocenters. The Morgan fingerprint density at radius 3 is 1.73 bits per heavy atom. The summed E-state index contributed by atoms with van der Waals surface area (Å²) in [5.74, 6) is -2.00.